The van der Waals surface area contributed by atoms with Crippen LogP contribution in [0.5, 0.6) is 5.75 Å². The molecule has 0 aromatic heterocycles. The monoisotopic (exact) mass is 383 g/mol. The Morgan fingerprint density at radius 1 is 1.46 bits per heavy atom. The Balaban J connectivity index is 1.72. The van der Waals surface area contributed by atoms with E-state index in [1.165, 1.54) is 12.8 Å². The normalized spacial score (nSPS) is 15.6. The maximum absolute atomic E-state index is 10.0. The third kappa shape index (κ3) is 8.25. The summed E-state index contributed by atoms with van der Waals surface area (Å²) >= 11 is 5.95. The van der Waals surface area contributed by atoms with Gasteiger partial charge in [-0.3, -0.25) is 4.99 Å². The van der Waals surface area contributed by atoms with Gasteiger partial charge in [0, 0.05) is 25.2 Å². The highest BCUT2D eigenvalue weighted by Crippen LogP contribution is 2.28. The average Bonchev–Trinajstić information content (AvgIpc) is 3.43. The zero-order valence-electron chi connectivity index (χ0n) is 15.7. The van der Waals surface area contributed by atoms with Crippen molar-refractivity contribution in [2.75, 3.05) is 46.5 Å². The predicted molar refractivity (Wildman–Crippen MR) is 105 cm³/mol. The van der Waals surface area contributed by atoms with Crippen molar-refractivity contribution in [1.82, 2.24) is 10.2 Å². The second-order valence-corrected chi connectivity index (χ2v) is 6.99. The van der Waals surface area contributed by atoms with Crippen molar-refractivity contribution in [2.45, 2.75) is 25.9 Å². The molecule has 146 valence electrons. The van der Waals surface area contributed by atoms with Crippen LogP contribution in [0, 0.1) is 5.92 Å². The third-order valence-electron chi connectivity index (χ3n) is 4.00. The number of halogens is 1. The Hall–Kier alpha value is -1.50. The number of hydrogen-bond acceptors (Lipinski definition) is 4. The van der Waals surface area contributed by atoms with Crippen molar-refractivity contribution in [1.29, 1.82) is 0 Å². The van der Waals surface area contributed by atoms with E-state index in [0.29, 0.717) is 37.2 Å². The van der Waals surface area contributed by atoms with E-state index in [2.05, 4.69) is 10.3 Å². The van der Waals surface area contributed by atoms with Crippen LogP contribution in [0.15, 0.2) is 29.3 Å². The molecule has 1 aliphatic carbocycles. The molecule has 0 radical (unpaired) electrons. The van der Waals surface area contributed by atoms with Crippen molar-refractivity contribution in [3.8, 4) is 5.75 Å². The molecule has 0 bridgehead atoms. The topological polar surface area (TPSA) is 66.3 Å². The van der Waals surface area contributed by atoms with Crippen LogP contribution >= 0.6 is 11.6 Å². The lowest BCUT2D eigenvalue weighted by atomic mass is 10.3. The van der Waals surface area contributed by atoms with Gasteiger partial charge in [-0.2, -0.15) is 0 Å². The molecule has 7 heteroatoms. The Labute approximate surface area is 161 Å². The van der Waals surface area contributed by atoms with Gasteiger partial charge in [-0.25, -0.2) is 0 Å². The highest BCUT2D eigenvalue weighted by molar-refractivity contribution is 6.30. The van der Waals surface area contributed by atoms with Crippen LogP contribution in [0.25, 0.3) is 0 Å². The number of hydrogen-bond donors (Lipinski definition) is 2. The summed E-state index contributed by atoms with van der Waals surface area (Å²) in [5, 5.41) is 13.9. The lowest BCUT2D eigenvalue weighted by molar-refractivity contribution is 0.0367. The Morgan fingerprint density at radius 2 is 2.27 bits per heavy atom. The number of aliphatic imine (C=N–C) groups is 1. The molecule has 2 rings (SSSR count). The van der Waals surface area contributed by atoms with Gasteiger partial charge >= 0.3 is 0 Å². The number of ether oxygens (including phenoxy) is 2. The number of nitrogens with zero attached hydrogens (tertiary/aromatic N) is 2. The van der Waals surface area contributed by atoms with E-state index < -0.39 is 6.10 Å². The maximum Gasteiger partial charge on any atom is 0.193 e. The van der Waals surface area contributed by atoms with E-state index in [0.717, 1.165) is 24.9 Å². The molecular weight excluding hydrogens is 354 g/mol. The molecule has 0 amide bonds. The number of likely N-dealkylation sites (N-methyl/N-ethyl adjacent to an activating group) is 1. The van der Waals surface area contributed by atoms with Gasteiger partial charge in [0.2, 0.25) is 0 Å². The van der Waals surface area contributed by atoms with Crippen LogP contribution < -0.4 is 10.1 Å². The first-order chi connectivity index (χ1) is 12.6. The van der Waals surface area contributed by atoms with Crippen LogP contribution in [-0.2, 0) is 4.74 Å². The van der Waals surface area contributed by atoms with E-state index in [-0.39, 0.29) is 0 Å². The summed E-state index contributed by atoms with van der Waals surface area (Å²) in [6, 6.07) is 7.34. The fourth-order valence-electron chi connectivity index (χ4n) is 2.33. The van der Waals surface area contributed by atoms with Crippen LogP contribution in [-0.4, -0.2) is 68.6 Å². The minimum absolute atomic E-state index is 0.312. The Bertz CT molecular complexity index is 567. The SMILES string of the molecule is CCNC(=NCC(O)COCC1CC1)N(C)CCOc1cccc(Cl)c1. The van der Waals surface area contributed by atoms with Crippen molar-refractivity contribution in [2.24, 2.45) is 10.9 Å². The molecule has 0 aliphatic heterocycles. The molecule has 26 heavy (non-hydrogen) atoms. The van der Waals surface area contributed by atoms with Crippen LogP contribution in [0.3, 0.4) is 0 Å². The molecule has 2 N–H and O–H groups in total. The fourth-order valence-corrected chi connectivity index (χ4v) is 2.51. The lowest BCUT2D eigenvalue weighted by Crippen LogP contribution is -2.41. The molecule has 6 nitrogen and oxygen atoms in total. The largest absolute Gasteiger partial charge is 0.492 e. The molecule has 0 saturated heterocycles. The van der Waals surface area contributed by atoms with Gasteiger partial charge in [0.25, 0.3) is 0 Å². The van der Waals surface area contributed by atoms with Gasteiger partial charge in [-0.05, 0) is 43.9 Å². The van der Waals surface area contributed by atoms with Gasteiger partial charge in [0.15, 0.2) is 5.96 Å². The maximum atomic E-state index is 10.0. The van der Waals surface area contributed by atoms with E-state index in [1.807, 2.05) is 37.1 Å². The molecule has 1 unspecified atom stereocenters. The summed E-state index contributed by atoms with van der Waals surface area (Å²) in [5.74, 6) is 2.19. The first-order valence-electron chi connectivity index (χ1n) is 9.22. The molecule has 1 aromatic carbocycles. The summed E-state index contributed by atoms with van der Waals surface area (Å²) in [5.41, 5.74) is 0. The van der Waals surface area contributed by atoms with Gasteiger partial charge < -0.3 is 24.8 Å². The van der Waals surface area contributed by atoms with Gasteiger partial charge in [-0.15, -0.1) is 0 Å². The third-order valence-corrected chi connectivity index (χ3v) is 4.24. The second-order valence-electron chi connectivity index (χ2n) is 6.56. The molecule has 1 fully saturated rings. The van der Waals surface area contributed by atoms with Crippen molar-refractivity contribution in [3.63, 3.8) is 0 Å². The first kappa shape index (κ1) is 20.8. The molecule has 1 atom stereocenters. The zero-order chi connectivity index (χ0) is 18.8. The van der Waals surface area contributed by atoms with Crippen molar-refractivity contribution >= 4 is 17.6 Å². The second kappa shape index (κ2) is 11.3. The lowest BCUT2D eigenvalue weighted by Gasteiger charge is -2.22. The summed E-state index contributed by atoms with van der Waals surface area (Å²) in [6.07, 6.45) is 1.92. The molecule has 1 aromatic rings. The van der Waals surface area contributed by atoms with Gasteiger partial charge in [0.1, 0.15) is 12.4 Å². The van der Waals surface area contributed by atoms with Gasteiger partial charge in [-0.1, -0.05) is 17.7 Å². The summed E-state index contributed by atoms with van der Waals surface area (Å²) in [4.78, 5) is 6.47. The Kier molecular flexibility index (Phi) is 9.01. The number of nitrogens with one attached hydrogen (secondary N) is 1. The number of guanidine groups is 1. The molecule has 0 heterocycles. The highest BCUT2D eigenvalue weighted by atomic mass is 35.5. The molecular formula is C19H30ClN3O3. The summed E-state index contributed by atoms with van der Waals surface area (Å²) < 4.78 is 11.2. The van der Waals surface area contributed by atoms with Crippen LogP contribution in [0.4, 0.5) is 0 Å². The zero-order valence-corrected chi connectivity index (χ0v) is 16.4. The van der Waals surface area contributed by atoms with Crippen molar-refractivity contribution < 1.29 is 14.6 Å². The summed E-state index contributed by atoms with van der Waals surface area (Å²) in [7, 11) is 1.94. The Morgan fingerprint density at radius 3 is 2.96 bits per heavy atom. The van der Waals surface area contributed by atoms with E-state index in [9.17, 15) is 5.11 Å². The smallest absolute Gasteiger partial charge is 0.193 e. The van der Waals surface area contributed by atoms with E-state index in [1.54, 1.807) is 6.07 Å². The quantitative estimate of drug-likeness (QED) is 0.453. The van der Waals surface area contributed by atoms with E-state index >= 15 is 0 Å². The highest BCUT2D eigenvalue weighted by Gasteiger charge is 2.21. The average molecular weight is 384 g/mol. The van der Waals surface area contributed by atoms with Crippen LogP contribution in [0.2, 0.25) is 5.02 Å². The van der Waals surface area contributed by atoms with Crippen molar-refractivity contribution in [3.05, 3.63) is 29.3 Å². The molecule has 1 saturated carbocycles. The van der Waals surface area contributed by atoms with Crippen LogP contribution in [0.1, 0.15) is 19.8 Å². The molecule has 1 aliphatic rings. The predicted octanol–water partition coefficient (Wildman–Crippen LogP) is 2.40. The minimum atomic E-state index is -0.585. The standard InChI is InChI=1S/C19H30ClN3O3/c1-3-21-19(22-12-17(24)14-25-13-15-7-8-15)23(2)9-10-26-18-6-4-5-16(20)11-18/h4-6,11,15,17,24H,3,7-10,12-14H2,1-2H3,(H,21,22). The van der Waals surface area contributed by atoms with E-state index in [4.69, 9.17) is 21.1 Å². The van der Waals surface area contributed by atoms with Gasteiger partial charge in [0.05, 0.1) is 25.8 Å². The number of aliphatic hydroxyl groups is 1. The minimum Gasteiger partial charge on any atom is -0.492 e. The number of benzene rings is 1. The number of rotatable bonds is 11. The molecule has 0 spiro atoms. The first-order valence-corrected chi connectivity index (χ1v) is 9.60. The number of aliphatic hydroxyl groups excluding tert-OH is 1. The fraction of sp³-hybridized carbons (Fsp3) is 0.632. The summed E-state index contributed by atoms with van der Waals surface area (Å²) in [6.45, 7) is 5.34.